The van der Waals surface area contributed by atoms with E-state index in [0.29, 0.717) is 13.0 Å². The normalized spacial score (nSPS) is 15.8. The minimum atomic E-state index is -4.72. The third-order valence-corrected chi connectivity index (χ3v) is 5.43. The van der Waals surface area contributed by atoms with Crippen molar-refractivity contribution in [3.63, 3.8) is 0 Å². The van der Waals surface area contributed by atoms with Crippen LogP contribution in [0, 0.1) is 0 Å². The van der Waals surface area contributed by atoms with Gasteiger partial charge in [0.15, 0.2) is 0 Å². The standard InChI is InChI=1S/C24H28F3N3O3/c1-3-13-30(4-2)18-10-7-16(8-11-18)22(31)29-20-12-9-17(15-19(20)24(25,26)27)28-23(32)21-6-5-14-33-21/h7-12,15,21H,3-6,13-14H2,1-2H3,(H,28,32)(H,29,31). The first kappa shape index (κ1) is 24.6. The van der Waals surface area contributed by atoms with E-state index in [4.69, 9.17) is 4.74 Å². The van der Waals surface area contributed by atoms with Crippen LogP contribution in [-0.4, -0.2) is 37.6 Å². The zero-order chi connectivity index (χ0) is 24.0. The van der Waals surface area contributed by atoms with Gasteiger partial charge in [-0.2, -0.15) is 13.2 Å². The number of benzene rings is 2. The maximum Gasteiger partial charge on any atom is 0.418 e. The Labute approximate surface area is 191 Å². The number of alkyl halides is 3. The molecule has 1 atom stereocenters. The first-order valence-electron chi connectivity index (χ1n) is 11.0. The molecule has 178 valence electrons. The molecular formula is C24H28F3N3O3. The van der Waals surface area contributed by atoms with Gasteiger partial charge >= 0.3 is 6.18 Å². The second kappa shape index (κ2) is 10.7. The fraction of sp³-hybridized carbons (Fsp3) is 0.417. The Bertz CT molecular complexity index is 971. The first-order valence-corrected chi connectivity index (χ1v) is 11.0. The number of carbonyl (C=O) groups is 2. The van der Waals surface area contributed by atoms with Gasteiger partial charge in [0.25, 0.3) is 11.8 Å². The highest BCUT2D eigenvalue weighted by atomic mass is 19.4. The minimum absolute atomic E-state index is 0.0132. The molecule has 2 aromatic rings. The third kappa shape index (κ3) is 6.25. The first-order chi connectivity index (χ1) is 15.7. The number of nitrogens with zero attached hydrogens (tertiary/aromatic N) is 1. The second-order valence-electron chi connectivity index (χ2n) is 7.83. The summed E-state index contributed by atoms with van der Waals surface area (Å²) in [6.07, 6.45) is -3.16. The summed E-state index contributed by atoms with van der Waals surface area (Å²) >= 11 is 0. The molecule has 9 heteroatoms. The van der Waals surface area contributed by atoms with Gasteiger partial charge in [0.05, 0.1) is 11.3 Å². The lowest BCUT2D eigenvalue weighted by Crippen LogP contribution is -2.27. The average molecular weight is 464 g/mol. The van der Waals surface area contributed by atoms with E-state index < -0.39 is 29.7 Å². The smallest absolute Gasteiger partial charge is 0.372 e. The highest BCUT2D eigenvalue weighted by Gasteiger charge is 2.35. The number of anilines is 3. The fourth-order valence-electron chi connectivity index (χ4n) is 3.73. The van der Waals surface area contributed by atoms with Crippen LogP contribution in [0.2, 0.25) is 0 Å². The zero-order valence-corrected chi connectivity index (χ0v) is 18.7. The van der Waals surface area contributed by atoms with E-state index in [1.165, 1.54) is 6.07 Å². The van der Waals surface area contributed by atoms with Crippen LogP contribution in [0.1, 0.15) is 49.0 Å². The van der Waals surface area contributed by atoms with Gasteiger partial charge in [-0.05, 0) is 68.7 Å². The molecule has 0 bridgehead atoms. The molecule has 3 rings (SSSR count). The molecule has 33 heavy (non-hydrogen) atoms. The molecule has 0 saturated carbocycles. The van der Waals surface area contributed by atoms with Crippen molar-refractivity contribution in [1.29, 1.82) is 0 Å². The van der Waals surface area contributed by atoms with Gasteiger partial charge in [-0.25, -0.2) is 0 Å². The molecule has 1 aliphatic rings. The summed E-state index contributed by atoms with van der Waals surface area (Å²) < 4.78 is 46.3. The Morgan fingerprint density at radius 1 is 1.09 bits per heavy atom. The Morgan fingerprint density at radius 2 is 1.82 bits per heavy atom. The van der Waals surface area contributed by atoms with Crippen LogP contribution < -0.4 is 15.5 Å². The lowest BCUT2D eigenvalue weighted by molar-refractivity contribution is -0.137. The molecule has 1 fully saturated rings. The molecule has 0 radical (unpaired) electrons. The lowest BCUT2D eigenvalue weighted by Gasteiger charge is -2.22. The largest absolute Gasteiger partial charge is 0.418 e. The number of hydrogen-bond donors (Lipinski definition) is 2. The Hall–Kier alpha value is -3.07. The van der Waals surface area contributed by atoms with E-state index in [1.807, 2.05) is 6.92 Å². The van der Waals surface area contributed by atoms with Crippen molar-refractivity contribution in [2.24, 2.45) is 0 Å². The number of rotatable bonds is 8. The van der Waals surface area contributed by atoms with Crippen LogP contribution >= 0.6 is 0 Å². The second-order valence-corrected chi connectivity index (χ2v) is 7.83. The molecule has 1 unspecified atom stereocenters. The van der Waals surface area contributed by atoms with Gasteiger partial charge in [0.1, 0.15) is 6.10 Å². The van der Waals surface area contributed by atoms with E-state index in [1.54, 1.807) is 24.3 Å². The predicted molar refractivity (Wildman–Crippen MR) is 122 cm³/mol. The summed E-state index contributed by atoms with van der Waals surface area (Å²) in [6.45, 7) is 6.23. The summed E-state index contributed by atoms with van der Waals surface area (Å²) in [7, 11) is 0. The minimum Gasteiger partial charge on any atom is -0.372 e. The van der Waals surface area contributed by atoms with Crippen LogP contribution in [0.3, 0.4) is 0 Å². The van der Waals surface area contributed by atoms with Crippen LogP contribution in [0.5, 0.6) is 0 Å². The number of carbonyl (C=O) groups excluding carboxylic acids is 2. The monoisotopic (exact) mass is 463 g/mol. The number of nitrogens with one attached hydrogen (secondary N) is 2. The highest BCUT2D eigenvalue weighted by molar-refractivity contribution is 6.05. The Kier molecular flexibility index (Phi) is 7.97. The number of ether oxygens (including phenoxy) is 1. The molecule has 1 heterocycles. The van der Waals surface area contributed by atoms with Gasteiger partial charge in [-0.3, -0.25) is 9.59 Å². The molecule has 6 nitrogen and oxygen atoms in total. The fourth-order valence-corrected chi connectivity index (χ4v) is 3.73. The van der Waals surface area contributed by atoms with Crippen molar-refractivity contribution in [3.05, 3.63) is 53.6 Å². The van der Waals surface area contributed by atoms with Crippen LogP contribution in [0.25, 0.3) is 0 Å². The zero-order valence-electron chi connectivity index (χ0n) is 18.7. The molecule has 0 aliphatic carbocycles. The van der Waals surface area contributed by atoms with Crippen molar-refractivity contribution in [2.45, 2.75) is 45.4 Å². The van der Waals surface area contributed by atoms with E-state index in [0.717, 1.165) is 43.8 Å². The maximum atomic E-state index is 13.7. The van der Waals surface area contributed by atoms with Gasteiger partial charge < -0.3 is 20.3 Å². The summed E-state index contributed by atoms with van der Waals surface area (Å²) in [6, 6.07) is 10.0. The van der Waals surface area contributed by atoms with Crippen molar-refractivity contribution >= 4 is 28.9 Å². The molecule has 1 aliphatic heterocycles. The molecule has 1 saturated heterocycles. The van der Waals surface area contributed by atoms with E-state index in [2.05, 4.69) is 22.5 Å². The number of hydrogen-bond acceptors (Lipinski definition) is 4. The Morgan fingerprint density at radius 3 is 2.39 bits per heavy atom. The third-order valence-electron chi connectivity index (χ3n) is 5.43. The van der Waals surface area contributed by atoms with E-state index in [9.17, 15) is 22.8 Å². The topological polar surface area (TPSA) is 70.7 Å². The van der Waals surface area contributed by atoms with Crippen molar-refractivity contribution < 1.29 is 27.5 Å². The maximum absolute atomic E-state index is 13.7. The van der Waals surface area contributed by atoms with Crippen LogP contribution in [-0.2, 0) is 15.7 Å². The van der Waals surface area contributed by atoms with E-state index in [-0.39, 0.29) is 16.9 Å². The summed E-state index contributed by atoms with van der Waals surface area (Å²) in [4.78, 5) is 26.9. The molecular weight excluding hydrogens is 435 g/mol. The lowest BCUT2D eigenvalue weighted by atomic mass is 10.1. The van der Waals surface area contributed by atoms with Crippen molar-refractivity contribution in [1.82, 2.24) is 0 Å². The van der Waals surface area contributed by atoms with Gasteiger partial charge in [-0.15, -0.1) is 0 Å². The summed E-state index contributed by atoms with van der Waals surface area (Å²) in [5, 5.41) is 4.81. The summed E-state index contributed by atoms with van der Waals surface area (Å²) in [5.41, 5.74) is -0.250. The van der Waals surface area contributed by atoms with Gasteiger partial charge in [0, 0.05) is 36.6 Å². The van der Waals surface area contributed by atoms with Gasteiger partial charge in [0.2, 0.25) is 0 Å². The SMILES string of the molecule is CCCN(CC)c1ccc(C(=O)Nc2ccc(NC(=O)C3CCCO3)cc2C(F)(F)F)cc1. The predicted octanol–water partition coefficient (Wildman–Crippen LogP) is 5.31. The number of halogens is 3. The molecule has 2 aromatic carbocycles. The highest BCUT2D eigenvalue weighted by Crippen LogP contribution is 2.37. The molecule has 0 aromatic heterocycles. The molecule has 2 N–H and O–H groups in total. The number of amides is 2. The van der Waals surface area contributed by atoms with Crippen LogP contribution in [0.15, 0.2) is 42.5 Å². The van der Waals surface area contributed by atoms with Crippen LogP contribution in [0.4, 0.5) is 30.2 Å². The summed E-state index contributed by atoms with van der Waals surface area (Å²) in [5.74, 6) is -1.14. The van der Waals surface area contributed by atoms with Crippen molar-refractivity contribution in [3.8, 4) is 0 Å². The van der Waals surface area contributed by atoms with Gasteiger partial charge in [-0.1, -0.05) is 6.92 Å². The Balaban J connectivity index is 1.76. The average Bonchev–Trinajstić information content (AvgIpc) is 3.33. The van der Waals surface area contributed by atoms with Crippen molar-refractivity contribution in [2.75, 3.05) is 35.2 Å². The quantitative estimate of drug-likeness (QED) is 0.557. The molecule has 0 spiro atoms. The molecule has 2 amide bonds. The van der Waals surface area contributed by atoms with E-state index >= 15 is 0 Å².